The maximum atomic E-state index is 13.2. The maximum Gasteiger partial charge on any atom is 0.336 e. The highest BCUT2D eigenvalue weighted by Crippen LogP contribution is 2.28. The SMILES string of the molecule is COC[C@H](Cc1ccc(O)cc1)NC(=O)c1cc(C(=O)O)c2cc(-c3cccc(CN4CCCOCC4)c3)ccc2n1. The number of rotatable bonds is 10. The van der Waals surface area contributed by atoms with Gasteiger partial charge in [-0.3, -0.25) is 9.69 Å². The zero-order valence-corrected chi connectivity index (χ0v) is 23.6. The molecule has 9 nitrogen and oxygen atoms in total. The summed E-state index contributed by atoms with van der Waals surface area (Å²) in [5, 5.41) is 23.0. The molecule has 2 heterocycles. The van der Waals surface area contributed by atoms with Crippen LogP contribution in [0.4, 0.5) is 0 Å². The summed E-state index contributed by atoms with van der Waals surface area (Å²) in [6, 6.07) is 21.4. The smallest absolute Gasteiger partial charge is 0.336 e. The molecule has 0 saturated carbocycles. The van der Waals surface area contributed by atoms with Crippen LogP contribution in [-0.4, -0.2) is 78.0 Å². The largest absolute Gasteiger partial charge is 0.508 e. The Labute approximate surface area is 244 Å². The molecule has 0 spiro atoms. The molecule has 1 aliphatic rings. The van der Waals surface area contributed by atoms with E-state index in [0.29, 0.717) is 17.3 Å². The van der Waals surface area contributed by atoms with E-state index < -0.39 is 11.9 Å². The Hall–Kier alpha value is -4.31. The minimum atomic E-state index is -1.14. The molecule has 5 rings (SSSR count). The molecular formula is C33H35N3O6. The molecule has 1 aromatic heterocycles. The van der Waals surface area contributed by atoms with Gasteiger partial charge in [0, 0.05) is 38.7 Å². The van der Waals surface area contributed by atoms with Crippen molar-refractivity contribution < 1.29 is 29.3 Å². The first-order chi connectivity index (χ1) is 20.4. The number of pyridine rings is 1. The highest BCUT2D eigenvalue weighted by Gasteiger charge is 2.20. The number of phenolic OH excluding ortho intramolecular Hbond substituents is 1. The Bertz CT molecular complexity index is 1550. The summed E-state index contributed by atoms with van der Waals surface area (Å²) in [6.45, 7) is 4.49. The molecule has 1 aliphatic heterocycles. The highest BCUT2D eigenvalue weighted by molar-refractivity contribution is 6.06. The van der Waals surface area contributed by atoms with Crippen molar-refractivity contribution in [1.82, 2.24) is 15.2 Å². The van der Waals surface area contributed by atoms with Crippen molar-refractivity contribution in [2.24, 2.45) is 0 Å². The number of carboxylic acids is 1. The molecule has 4 aromatic rings. The van der Waals surface area contributed by atoms with Crippen molar-refractivity contribution in [2.75, 3.05) is 40.0 Å². The second-order valence-corrected chi connectivity index (χ2v) is 10.5. The second-order valence-electron chi connectivity index (χ2n) is 10.5. The van der Waals surface area contributed by atoms with Crippen LogP contribution in [0.25, 0.3) is 22.0 Å². The number of aromatic nitrogens is 1. The Balaban J connectivity index is 1.38. The summed E-state index contributed by atoms with van der Waals surface area (Å²) in [4.78, 5) is 32.5. The minimum Gasteiger partial charge on any atom is -0.508 e. The van der Waals surface area contributed by atoms with Crippen LogP contribution in [0.3, 0.4) is 0 Å². The lowest BCUT2D eigenvalue weighted by atomic mass is 9.98. The van der Waals surface area contributed by atoms with Crippen molar-refractivity contribution in [3.05, 3.63) is 95.2 Å². The van der Waals surface area contributed by atoms with Crippen LogP contribution in [0, 0.1) is 0 Å². The Morgan fingerprint density at radius 1 is 1.00 bits per heavy atom. The molecule has 0 unspecified atom stereocenters. The third-order valence-corrected chi connectivity index (χ3v) is 7.37. The zero-order chi connectivity index (χ0) is 29.5. The van der Waals surface area contributed by atoms with Gasteiger partial charge in [-0.15, -0.1) is 0 Å². The molecule has 3 aromatic carbocycles. The number of carbonyl (C=O) groups is 2. The number of carboxylic acid groups (broad SMARTS) is 1. The van der Waals surface area contributed by atoms with Crippen molar-refractivity contribution in [3.8, 4) is 16.9 Å². The fraction of sp³-hybridized carbons (Fsp3) is 0.303. The predicted molar refractivity (Wildman–Crippen MR) is 160 cm³/mol. The number of nitrogens with one attached hydrogen (secondary N) is 1. The van der Waals surface area contributed by atoms with Gasteiger partial charge in [0.15, 0.2) is 0 Å². The first-order valence-corrected chi connectivity index (χ1v) is 14.0. The lowest BCUT2D eigenvalue weighted by Crippen LogP contribution is -2.40. The monoisotopic (exact) mass is 569 g/mol. The van der Waals surface area contributed by atoms with Crippen LogP contribution in [0.1, 0.15) is 38.4 Å². The van der Waals surface area contributed by atoms with Gasteiger partial charge in [-0.1, -0.05) is 36.4 Å². The molecular weight excluding hydrogens is 534 g/mol. The number of hydrogen-bond donors (Lipinski definition) is 3. The van der Waals surface area contributed by atoms with Gasteiger partial charge in [0.1, 0.15) is 11.4 Å². The van der Waals surface area contributed by atoms with Crippen LogP contribution in [0.15, 0.2) is 72.8 Å². The van der Waals surface area contributed by atoms with Crippen LogP contribution in [0.5, 0.6) is 5.75 Å². The molecule has 1 saturated heterocycles. The van der Waals surface area contributed by atoms with E-state index in [-0.39, 0.29) is 29.7 Å². The molecule has 1 amide bonds. The quantitative estimate of drug-likeness (QED) is 0.255. The predicted octanol–water partition coefficient (Wildman–Crippen LogP) is 4.52. The molecule has 1 atom stereocenters. The summed E-state index contributed by atoms with van der Waals surface area (Å²) < 4.78 is 10.9. The standard InChI is InChI=1S/C33H35N3O6/c1-41-21-26(17-22-6-9-27(37)10-7-22)34-32(38)31-19-29(33(39)40)28-18-25(8-11-30(28)35-31)24-5-2-4-23(16-24)20-36-12-3-14-42-15-13-36/h2,4-11,16,18-19,26,37H,3,12-15,17,20-21H2,1H3,(H,34,38)(H,39,40)/t26-/m0/s1. The number of phenols is 1. The molecule has 9 heteroatoms. The number of fused-ring (bicyclic) bond motifs is 1. The first-order valence-electron chi connectivity index (χ1n) is 14.0. The number of benzene rings is 3. The normalized spacial score (nSPS) is 14.8. The highest BCUT2D eigenvalue weighted by atomic mass is 16.5. The summed E-state index contributed by atoms with van der Waals surface area (Å²) in [6.07, 6.45) is 1.48. The zero-order valence-electron chi connectivity index (χ0n) is 23.6. The van der Waals surface area contributed by atoms with Crippen molar-refractivity contribution >= 4 is 22.8 Å². The topological polar surface area (TPSA) is 121 Å². The van der Waals surface area contributed by atoms with Crippen molar-refractivity contribution in [1.29, 1.82) is 0 Å². The van der Waals surface area contributed by atoms with Crippen molar-refractivity contribution in [2.45, 2.75) is 25.4 Å². The number of aromatic carboxylic acids is 1. The fourth-order valence-corrected chi connectivity index (χ4v) is 5.29. The van der Waals surface area contributed by atoms with E-state index in [1.165, 1.54) is 11.6 Å². The average molecular weight is 570 g/mol. The lowest BCUT2D eigenvalue weighted by Gasteiger charge is -2.19. The van der Waals surface area contributed by atoms with Gasteiger partial charge in [0.25, 0.3) is 5.91 Å². The fourth-order valence-electron chi connectivity index (χ4n) is 5.29. The van der Waals surface area contributed by atoms with Crippen LogP contribution in [0.2, 0.25) is 0 Å². The van der Waals surface area contributed by atoms with Crippen molar-refractivity contribution in [3.63, 3.8) is 0 Å². The summed E-state index contributed by atoms with van der Waals surface area (Å²) in [7, 11) is 1.55. The molecule has 0 bridgehead atoms. The van der Waals surface area contributed by atoms with Gasteiger partial charge >= 0.3 is 5.97 Å². The number of methoxy groups -OCH3 is 1. The maximum absolute atomic E-state index is 13.2. The van der Waals surface area contributed by atoms with E-state index in [2.05, 4.69) is 27.3 Å². The van der Waals surface area contributed by atoms with Crippen LogP contribution in [-0.2, 0) is 22.4 Å². The number of ether oxygens (including phenoxy) is 2. The number of aromatic hydroxyl groups is 1. The summed E-state index contributed by atoms with van der Waals surface area (Å²) >= 11 is 0. The summed E-state index contributed by atoms with van der Waals surface area (Å²) in [5.74, 6) is -1.47. The molecule has 1 fully saturated rings. The lowest BCUT2D eigenvalue weighted by molar-refractivity contribution is 0.0699. The van der Waals surface area contributed by atoms with Gasteiger partial charge in [-0.2, -0.15) is 0 Å². The van der Waals surface area contributed by atoms with Gasteiger partial charge in [0.05, 0.1) is 30.3 Å². The van der Waals surface area contributed by atoms with E-state index in [9.17, 15) is 19.8 Å². The second kappa shape index (κ2) is 13.6. The molecule has 0 radical (unpaired) electrons. The molecule has 218 valence electrons. The Kier molecular flexibility index (Phi) is 9.43. The molecule has 42 heavy (non-hydrogen) atoms. The summed E-state index contributed by atoms with van der Waals surface area (Å²) in [5.41, 5.74) is 4.39. The van der Waals surface area contributed by atoms with E-state index in [1.807, 2.05) is 24.3 Å². The van der Waals surface area contributed by atoms with Gasteiger partial charge < -0.3 is 25.0 Å². The average Bonchev–Trinajstić information content (AvgIpc) is 3.26. The third-order valence-electron chi connectivity index (χ3n) is 7.37. The Morgan fingerprint density at radius 3 is 2.60 bits per heavy atom. The van der Waals surface area contributed by atoms with E-state index in [0.717, 1.165) is 56.0 Å². The van der Waals surface area contributed by atoms with E-state index >= 15 is 0 Å². The number of nitrogens with zero attached hydrogens (tertiary/aromatic N) is 2. The van der Waals surface area contributed by atoms with Gasteiger partial charge in [-0.25, -0.2) is 9.78 Å². The van der Waals surface area contributed by atoms with E-state index in [1.54, 1.807) is 37.4 Å². The van der Waals surface area contributed by atoms with Crippen LogP contribution < -0.4 is 5.32 Å². The van der Waals surface area contributed by atoms with Crippen LogP contribution >= 0.6 is 0 Å². The number of carbonyl (C=O) groups excluding carboxylic acids is 1. The first kappa shape index (κ1) is 29.2. The van der Waals surface area contributed by atoms with E-state index in [4.69, 9.17) is 9.47 Å². The molecule has 3 N–H and O–H groups in total. The minimum absolute atomic E-state index is 0.00884. The number of amides is 1. The number of hydrogen-bond acceptors (Lipinski definition) is 7. The molecule has 0 aliphatic carbocycles. The Morgan fingerprint density at radius 2 is 1.81 bits per heavy atom. The third kappa shape index (κ3) is 7.30. The van der Waals surface area contributed by atoms with Gasteiger partial charge in [0.2, 0.25) is 0 Å². The van der Waals surface area contributed by atoms with Gasteiger partial charge in [-0.05, 0) is 71.5 Å².